The van der Waals surface area contributed by atoms with Crippen LogP contribution in [0.1, 0.15) is 5.69 Å². The van der Waals surface area contributed by atoms with E-state index in [4.69, 9.17) is 11.1 Å². The van der Waals surface area contributed by atoms with Crippen LogP contribution in [0.2, 0.25) is 0 Å². The summed E-state index contributed by atoms with van der Waals surface area (Å²) in [5, 5.41) is 9.43. The Kier molecular flexibility index (Phi) is 3.03. The van der Waals surface area contributed by atoms with Crippen LogP contribution in [0.25, 0.3) is 0 Å². The highest BCUT2D eigenvalue weighted by Crippen LogP contribution is 2.32. The fourth-order valence-electron chi connectivity index (χ4n) is 1.11. The average Bonchev–Trinajstić information content (AvgIpc) is 2.71. The summed E-state index contributed by atoms with van der Waals surface area (Å²) in [5.41, 5.74) is 6.01. The third-order valence-electron chi connectivity index (χ3n) is 1.73. The van der Waals surface area contributed by atoms with Crippen LogP contribution < -0.4 is 5.73 Å². The number of nitrogens with two attached hydrogens (primary N) is 1. The number of nitrogens with zero attached hydrogens (tertiary/aromatic N) is 1. The van der Waals surface area contributed by atoms with Gasteiger partial charge in [0.05, 0.1) is 4.21 Å². The highest BCUT2D eigenvalue weighted by molar-refractivity contribution is 8.01. The van der Waals surface area contributed by atoms with E-state index in [0.717, 1.165) is 4.90 Å². The Balaban J connectivity index is 2.32. The number of hydrogen-bond donors (Lipinski definition) is 2. The zero-order chi connectivity index (χ0) is 10.7. The minimum Gasteiger partial charge on any atom is -0.382 e. The van der Waals surface area contributed by atoms with Gasteiger partial charge in [0.15, 0.2) is 0 Å². The quantitative estimate of drug-likeness (QED) is 0.635. The van der Waals surface area contributed by atoms with Crippen LogP contribution in [0, 0.1) is 5.41 Å². The molecule has 5 heteroatoms. The Morgan fingerprint density at radius 3 is 2.93 bits per heavy atom. The lowest BCUT2D eigenvalue weighted by molar-refractivity contribution is 1.18. The maximum atomic E-state index is 7.41. The van der Waals surface area contributed by atoms with Gasteiger partial charge in [-0.3, -0.25) is 10.4 Å². The molecule has 3 nitrogen and oxygen atoms in total. The first kappa shape index (κ1) is 10.2. The second kappa shape index (κ2) is 4.46. The van der Waals surface area contributed by atoms with Crippen LogP contribution in [-0.4, -0.2) is 10.8 Å². The van der Waals surface area contributed by atoms with Gasteiger partial charge in [-0.05, 0) is 23.6 Å². The molecule has 2 rings (SSSR count). The largest absolute Gasteiger partial charge is 0.382 e. The molecule has 0 unspecified atom stereocenters. The predicted molar refractivity (Wildman–Crippen MR) is 63.7 cm³/mol. The van der Waals surface area contributed by atoms with E-state index in [1.54, 1.807) is 29.3 Å². The SMILES string of the molecule is N=C(N)c1ncccc1Sc1cccs1. The number of pyridine rings is 1. The van der Waals surface area contributed by atoms with Crippen molar-refractivity contribution in [3.63, 3.8) is 0 Å². The summed E-state index contributed by atoms with van der Waals surface area (Å²) in [5.74, 6) is 0.00894. The number of hydrogen-bond acceptors (Lipinski definition) is 4. The summed E-state index contributed by atoms with van der Waals surface area (Å²) < 4.78 is 1.17. The van der Waals surface area contributed by atoms with Crippen LogP contribution in [0.4, 0.5) is 0 Å². The molecule has 0 saturated carbocycles. The highest BCUT2D eigenvalue weighted by atomic mass is 32.2. The van der Waals surface area contributed by atoms with Crippen molar-refractivity contribution < 1.29 is 0 Å². The number of amidine groups is 1. The molecule has 0 aliphatic carbocycles. The van der Waals surface area contributed by atoms with E-state index in [1.165, 1.54) is 4.21 Å². The highest BCUT2D eigenvalue weighted by Gasteiger charge is 2.07. The zero-order valence-electron chi connectivity index (χ0n) is 7.81. The topological polar surface area (TPSA) is 62.8 Å². The Labute approximate surface area is 95.9 Å². The molecule has 0 spiro atoms. The summed E-state index contributed by atoms with van der Waals surface area (Å²) in [6.45, 7) is 0. The van der Waals surface area contributed by atoms with Crippen molar-refractivity contribution >= 4 is 28.9 Å². The predicted octanol–water partition coefficient (Wildman–Crippen LogP) is 2.58. The third kappa shape index (κ3) is 2.37. The molecule has 0 radical (unpaired) electrons. The van der Waals surface area contributed by atoms with E-state index < -0.39 is 0 Å². The Morgan fingerprint density at radius 2 is 2.27 bits per heavy atom. The van der Waals surface area contributed by atoms with Crippen LogP contribution >= 0.6 is 23.1 Å². The molecule has 0 aliphatic rings. The van der Waals surface area contributed by atoms with Gasteiger partial charge in [-0.15, -0.1) is 11.3 Å². The van der Waals surface area contributed by atoms with Gasteiger partial charge in [-0.1, -0.05) is 17.8 Å². The van der Waals surface area contributed by atoms with Gasteiger partial charge in [0, 0.05) is 11.1 Å². The van der Waals surface area contributed by atoms with Crippen molar-refractivity contribution in [1.82, 2.24) is 4.98 Å². The number of aromatic nitrogens is 1. The van der Waals surface area contributed by atoms with Crippen LogP contribution in [0.3, 0.4) is 0 Å². The molecule has 2 heterocycles. The normalized spacial score (nSPS) is 10.1. The monoisotopic (exact) mass is 235 g/mol. The molecular weight excluding hydrogens is 226 g/mol. The fourth-order valence-corrected chi connectivity index (χ4v) is 2.95. The molecule has 0 atom stereocenters. The zero-order valence-corrected chi connectivity index (χ0v) is 9.44. The standard InChI is InChI=1S/C10H9N3S2/c11-10(12)9-7(3-1-5-13-9)15-8-4-2-6-14-8/h1-6H,(H3,11,12). The number of nitrogen functional groups attached to an aromatic ring is 1. The average molecular weight is 235 g/mol. The van der Waals surface area contributed by atoms with Gasteiger partial charge in [-0.25, -0.2) is 0 Å². The molecule has 0 aromatic carbocycles. The van der Waals surface area contributed by atoms with E-state index in [0.29, 0.717) is 5.69 Å². The first-order chi connectivity index (χ1) is 7.27. The van der Waals surface area contributed by atoms with Crippen LogP contribution in [-0.2, 0) is 0 Å². The molecular formula is C10H9N3S2. The number of nitrogens with one attached hydrogen (secondary N) is 1. The maximum absolute atomic E-state index is 7.41. The van der Waals surface area contributed by atoms with Crippen molar-refractivity contribution in [2.45, 2.75) is 9.10 Å². The molecule has 0 aliphatic heterocycles. The molecule has 2 aromatic rings. The smallest absolute Gasteiger partial charge is 0.142 e. The molecule has 15 heavy (non-hydrogen) atoms. The lowest BCUT2D eigenvalue weighted by Gasteiger charge is -2.04. The molecule has 2 aromatic heterocycles. The Hall–Kier alpha value is -1.33. The van der Waals surface area contributed by atoms with Gasteiger partial charge < -0.3 is 5.73 Å². The summed E-state index contributed by atoms with van der Waals surface area (Å²) in [4.78, 5) is 5.02. The van der Waals surface area contributed by atoms with Gasteiger partial charge in [-0.2, -0.15) is 0 Å². The summed E-state index contributed by atoms with van der Waals surface area (Å²) in [7, 11) is 0. The van der Waals surface area contributed by atoms with E-state index in [9.17, 15) is 0 Å². The van der Waals surface area contributed by atoms with E-state index in [2.05, 4.69) is 4.98 Å². The first-order valence-electron chi connectivity index (χ1n) is 4.28. The molecule has 0 amide bonds. The summed E-state index contributed by atoms with van der Waals surface area (Å²) >= 11 is 3.25. The van der Waals surface area contributed by atoms with Crippen molar-refractivity contribution in [2.75, 3.05) is 0 Å². The Bertz CT molecular complexity index is 465. The lowest BCUT2D eigenvalue weighted by atomic mass is 10.3. The molecule has 0 bridgehead atoms. The van der Waals surface area contributed by atoms with Crippen molar-refractivity contribution in [1.29, 1.82) is 5.41 Å². The van der Waals surface area contributed by atoms with Gasteiger partial charge >= 0.3 is 0 Å². The third-order valence-corrected chi connectivity index (χ3v) is 3.82. The summed E-state index contributed by atoms with van der Waals surface area (Å²) in [6.07, 6.45) is 1.65. The minimum atomic E-state index is 0.00894. The van der Waals surface area contributed by atoms with E-state index >= 15 is 0 Å². The van der Waals surface area contributed by atoms with Crippen molar-refractivity contribution in [3.05, 3.63) is 41.5 Å². The molecule has 0 fully saturated rings. The fraction of sp³-hybridized carbons (Fsp3) is 0. The second-order valence-electron chi connectivity index (χ2n) is 2.80. The minimum absolute atomic E-state index is 0.00894. The first-order valence-corrected chi connectivity index (χ1v) is 5.98. The van der Waals surface area contributed by atoms with Crippen molar-refractivity contribution in [3.8, 4) is 0 Å². The molecule has 3 N–H and O–H groups in total. The maximum Gasteiger partial charge on any atom is 0.142 e. The molecule has 76 valence electrons. The van der Waals surface area contributed by atoms with Crippen LogP contribution in [0.5, 0.6) is 0 Å². The van der Waals surface area contributed by atoms with Gasteiger partial charge in [0.25, 0.3) is 0 Å². The molecule has 0 saturated heterocycles. The van der Waals surface area contributed by atoms with E-state index in [1.807, 2.05) is 29.6 Å². The summed E-state index contributed by atoms with van der Waals surface area (Å²) in [6, 6.07) is 7.81. The number of rotatable bonds is 3. The number of thiophene rings is 1. The van der Waals surface area contributed by atoms with Crippen LogP contribution in [0.15, 0.2) is 44.9 Å². The second-order valence-corrected chi connectivity index (χ2v) is 5.09. The van der Waals surface area contributed by atoms with Crippen molar-refractivity contribution in [2.24, 2.45) is 5.73 Å². The van der Waals surface area contributed by atoms with Gasteiger partial charge in [0.1, 0.15) is 11.5 Å². The van der Waals surface area contributed by atoms with E-state index in [-0.39, 0.29) is 5.84 Å². The lowest BCUT2D eigenvalue weighted by Crippen LogP contribution is -2.14. The Morgan fingerprint density at radius 1 is 1.40 bits per heavy atom. The van der Waals surface area contributed by atoms with Gasteiger partial charge in [0.2, 0.25) is 0 Å².